The van der Waals surface area contributed by atoms with Gasteiger partial charge in [0.15, 0.2) is 5.78 Å². The van der Waals surface area contributed by atoms with Crippen molar-refractivity contribution in [1.82, 2.24) is 0 Å². The lowest BCUT2D eigenvalue weighted by Crippen LogP contribution is -2.00. The van der Waals surface area contributed by atoms with E-state index < -0.39 is 0 Å². The maximum absolute atomic E-state index is 11.9. The lowest BCUT2D eigenvalue weighted by Gasteiger charge is -2.07. The van der Waals surface area contributed by atoms with Crippen LogP contribution in [-0.2, 0) is 12.8 Å². The van der Waals surface area contributed by atoms with E-state index in [9.17, 15) is 4.79 Å². The standard InChI is InChI=1S/C16H14O/c17-15-10-9-13-7-4-8-14(16(13)15)11-12-5-2-1-3-6-12/h1-8H,9-11H2. The van der Waals surface area contributed by atoms with Gasteiger partial charge in [0.1, 0.15) is 0 Å². The summed E-state index contributed by atoms with van der Waals surface area (Å²) in [4.78, 5) is 11.9. The minimum Gasteiger partial charge on any atom is -0.294 e. The number of carbonyl (C=O) groups excluding carboxylic acids is 1. The van der Waals surface area contributed by atoms with Crippen molar-refractivity contribution in [2.24, 2.45) is 0 Å². The minimum atomic E-state index is 0.312. The van der Waals surface area contributed by atoms with E-state index >= 15 is 0 Å². The molecule has 17 heavy (non-hydrogen) atoms. The van der Waals surface area contributed by atoms with Gasteiger partial charge in [-0.1, -0.05) is 48.5 Å². The second-order valence-corrected chi connectivity index (χ2v) is 4.54. The molecule has 0 bridgehead atoms. The molecule has 0 N–H and O–H groups in total. The van der Waals surface area contributed by atoms with Crippen molar-refractivity contribution < 1.29 is 4.79 Å². The number of hydrogen-bond acceptors (Lipinski definition) is 1. The van der Waals surface area contributed by atoms with E-state index in [0.29, 0.717) is 12.2 Å². The summed E-state index contributed by atoms with van der Waals surface area (Å²) < 4.78 is 0. The van der Waals surface area contributed by atoms with Crippen LogP contribution < -0.4 is 0 Å². The van der Waals surface area contributed by atoms with E-state index in [-0.39, 0.29) is 0 Å². The summed E-state index contributed by atoms with van der Waals surface area (Å²) in [5, 5.41) is 0. The fourth-order valence-corrected chi connectivity index (χ4v) is 2.56. The van der Waals surface area contributed by atoms with Crippen molar-refractivity contribution >= 4 is 5.78 Å². The quantitative estimate of drug-likeness (QED) is 0.761. The van der Waals surface area contributed by atoms with Crippen molar-refractivity contribution in [1.29, 1.82) is 0 Å². The molecular weight excluding hydrogens is 208 g/mol. The Hall–Kier alpha value is -1.89. The molecule has 0 atom stereocenters. The number of aryl methyl sites for hydroxylation is 1. The molecule has 2 aromatic carbocycles. The molecule has 0 aromatic heterocycles. The molecule has 0 unspecified atom stereocenters. The highest BCUT2D eigenvalue weighted by atomic mass is 16.1. The van der Waals surface area contributed by atoms with E-state index in [0.717, 1.165) is 18.4 Å². The molecular formula is C16H14O. The topological polar surface area (TPSA) is 17.1 Å². The number of hydrogen-bond donors (Lipinski definition) is 0. The van der Waals surface area contributed by atoms with Gasteiger partial charge in [0.05, 0.1) is 0 Å². The Labute approximate surface area is 101 Å². The highest BCUT2D eigenvalue weighted by Crippen LogP contribution is 2.26. The molecule has 1 aliphatic rings. The van der Waals surface area contributed by atoms with Crippen LogP contribution >= 0.6 is 0 Å². The molecule has 0 saturated heterocycles. The van der Waals surface area contributed by atoms with Crippen LogP contribution in [-0.4, -0.2) is 5.78 Å². The van der Waals surface area contributed by atoms with Crippen LogP contribution in [0.4, 0.5) is 0 Å². The van der Waals surface area contributed by atoms with E-state index in [1.54, 1.807) is 0 Å². The number of Topliss-reactive ketones (excluding diaryl/α,β-unsaturated/α-hetero) is 1. The largest absolute Gasteiger partial charge is 0.294 e. The Morgan fingerprint density at radius 3 is 2.53 bits per heavy atom. The van der Waals surface area contributed by atoms with Gasteiger partial charge in [0.25, 0.3) is 0 Å². The summed E-state index contributed by atoms with van der Waals surface area (Å²) in [5.41, 5.74) is 4.65. The Kier molecular flexibility index (Phi) is 2.52. The Balaban J connectivity index is 2.00. The average Bonchev–Trinajstić information content (AvgIpc) is 2.74. The first-order valence-corrected chi connectivity index (χ1v) is 6.02. The minimum absolute atomic E-state index is 0.312. The van der Waals surface area contributed by atoms with Gasteiger partial charge < -0.3 is 0 Å². The van der Waals surface area contributed by atoms with E-state index in [1.165, 1.54) is 16.7 Å². The second kappa shape index (κ2) is 4.17. The summed E-state index contributed by atoms with van der Waals surface area (Å²) in [7, 11) is 0. The predicted octanol–water partition coefficient (Wildman–Crippen LogP) is 3.41. The van der Waals surface area contributed by atoms with Gasteiger partial charge in [0, 0.05) is 12.0 Å². The SMILES string of the molecule is O=C1CCc2cccc(Cc3ccccc3)c21. The first-order valence-electron chi connectivity index (χ1n) is 6.02. The number of carbonyl (C=O) groups is 1. The number of fused-ring (bicyclic) bond motifs is 1. The number of ketones is 1. The third kappa shape index (κ3) is 1.89. The van der Waals surface area contributed by atoms with Crippen LogP contribution in [0.15, 0.2) is 48.5 Å². The van der Waals surface area contributed by atoms with Gasteiger partial charge >= 0.3 is 0 Å². The van der Waals surface area contributed by atoms with E-state index in [4.69, 9.17) is 0 Å². The van der Waals surface area contributed by atoms with Crippen LogP contribution in [0.3, 0.4) is 0 Å². The maximum Gasteiger partial charge on any atom is 0.163 e. The van der Waals surface area contributed by atoms with Crippen LogP contribution in [0.5, 0.6) is 0 Å². The zero-order valence-electron chi connectivity index (χ0n) is 9.65. The second-order valence-electron chi connectivity index (χ2n) is 4.54. The summed E-state index contributed by atoms with van der Waals surface area (Å²) in [6, 6.07) is 16.5. The molecule has 0 radical (unpaired) electrons. The lowest BCUT2D eigenvalue weighted by atomic mass is 9.97. The average molecular weight is 222 g/mol. The fourth-order valence-electron chi connectivity index (χ4n) is 2.56. The number of rotatable bonds is 2. The highest BCUT2D eigenvalue weighted by molar-refractivity contribution is 6.01. The van der Waals surface area contributed by atoms with Gasteiger partial charge in [-0.15, -0.1) is 0 Å². The third-order valence-electron chi connectivity index (χ3n) is 3.37. The molecule has 1 nitrogen and oxygen atoms in total. The van der Waals surface area contributed by atoms with Crippen LogP contribution in [0.2, 0.25) is 0 Å². The van der Waals surface area contributed by atoms with Crippen molar-refractivity contribution in [3.8, 4) is 0 Å². The highest BCUT2D eigenvalue weighted by Gasteiger charge is 2.22. The molecule has 3 rings (SSSR count). The summed E-state index contributed by atoms with van der Waals surface area (Å²) >= 11 is 0. The summed E-state index contributed by atoms with van der Waals surface area (Å²) in [6.45, 7) is 0. The fraction of sp³-hybridized carbons (Fsp3) is 0.188. The van der Waals surface area contributed by atoms with Gasteiger partial charge in [-0.2, -0.15) is 0 Å². The molecule has 0 aliphatic heterocycles. The van der Waals surface area contributed by atoms with Gasteiger partial charge in [-0.05, 0) is 29.5 Å². The number of benzene rings is 2. The van der Waals surface area contributed by atoms with E-state index in [1.807, 2.05) is 18.2 Å². The molecule has 0 spiro atoms. The van der Waals surface area contributed by atoms with Crippen LogP contribution in [0.25, 0.3) is 0 Å². The Morgan fingerprint density at radius 1 is 0.882 bits per heavy atom. The molecule has 0 heterocycles. The predicted molar refractivity (Wildman–Crippen MR) is 68.3 cm³/mol. The molecule has 1 aliphatic carbocycles. The smallest absolute Gasteiger partial charge is 0.163 e. The summed E-state index contributed by atoms with van der Waals surface area (Å²) in [6.07, 6.45) is 2.45. The molecule has 0 saturated carbocycles. The zero-order chi connectivity index (χ0) is 11.7. The van der Waals surface area contributed by atoms with Crippen molar-refractivity contribution in [3.63, 3.8) is 0 Å². The normalized spacial score (nSPS) is 13.8. The van der Waals surface area contributed by atoms with Crippen molar-refractivity contribution in [2.75, 3.05) is 0 Å². The van der Waals surface area contributed by atoms with Gasteiger partial charge in [-0.3, -0.25) is 4.79 Å². The molecule has 84 valence electrons. The first kappa shape index (κ1) is 10.3. The van der Waals surface area contributed by atoms with Gasteiger partial charge in [-0.25, -0.2) is 0 Å². The molecule has 0 amide bonds. The third-order valence-corrected chi connectivity index (χ3v) is 3.37. The molecule has 2 aromatic rings. The van der Waals surface area contributed by atoms with E-state index in [2.05, 4.69) is 30.3 Å². The first-order chi connectivity index (χ1) is 8.34. The lowest BCUT2D eigenvalue weighted by molar-refractivity contribution is 0.0994. The van der Waals surface area contributed by atoms with Crippen molar-refractivity contribution in [3.05, 3.63) is 70.8 Å². The molecule has 0 fully saturated rings. The maximum atomic E-state index is 11.9. The van der Waals surface area contributed by atoms with Gasteiger partial charge in [0.2, 0.25) is 0 Å². The van der Waals surface area contributed by atoms with Crippen LogP contribution in [0.1, 0.15) is 33.5 Å². The van der Waals surface area contributed by atoms with Crippen molar-refractivity contribution in [2.45, 2.75) is 19.3 Å². The monoisotopic (exact) mass is 222 g/mol. The zero-order valence-corrected chi connectivity index (χ0v) is 9.65. The Bertz CT molecular complexity index is 555. The van der Waals surface area contributed by atoms with Crippen LogP contribution in [0, 0.1) is 0 Å². The Morgan fingerprint density at radius 2 is 1.71 bits per heavy atom. The summed E-state index contributed by atoms with van der Waals surface area (Å²) in [5.74, 6) is 0.312. The molecule has 1 heteroatoms.